The molecule has 2 aromatic rings. The van der Waals surface area contributed by atoms with Crippen molar-refractivity contribution in [1.29, 1.82) is 5.26 Å². The van der Waals surface area contributed by atoms with Gasteiger partial charge < -0.3 is 10.1 Å². The molecule has 1 N–H and O–H groups in total. The molecular weight excluding hydrogens is 344 g/mol. The summed E-state index contributed by atoms with van der Waals surface area (Å²) >= 11 is 0. The predicted octanol–water partition coefficient (Wildman–Crippen LogP) is 3.05. The number of aryl methyl sites for hydroxylation is 1. The van der Waals surface area contributed by atoms with E-state index in [0.29, 0.717) is 13.0 Å². The number of amides is 1. The van der Waals surface area contributed by atoms with E-state index >= 15 is 0 Å². The first kappa shape index (κ1) is 20.4. The minimum Gasteiger partial charge on any atom is -0.467 e. The van der Waals surface area contributed by atoms with Gasteiger partial charge in [-0.1, -0.05) is 39.0 Å². The Morgan fingerprint density at radius 1 is 1.30 bits per heavy atom. The summed E-state index contributed by atoms with van der Waals surface area (Å²) in [5.74, 6) is -0.900. The standard InChI is InChI=1S/C20H26N4O3/c1-20(2,3)17(19(26)27-4)22-18(25)16-14-10-6-7-11-15(14)24(23-16)13-9-5-8-12-21/h6-7,10-11,17H,5,8-9,13H2,1-4H3,(H,22,25). The third-order valence-corrected chi connectivity index (χ3v) is 4.36. The lowest BCUT2D eigenvalue weighted by Gasteiger charge is -2.28. The van der Waals surface area contributed by atoms with Crippen LogP contribution in [-0.2, 0) is 16.1 Å². The lowest BCUT2D eigenvalue weighted by Crippen LogP contribution is -2.49. The predicted molar refractivity (Wildman–Crippen MR) is 102 cm³/mol. The number of fused-ring (bicyclic) bond motifs is 1. The minimum atomic E-state index is -0.783. The van der Waals surface area contributed by atoms with Crippen molar-refractivity contribution in [3.8, 4) is 6.07 Å². The number of nitrogens with zero attached hydrogens (tertiary/aromatic N) is 3. The van der Waals surface area contributed by atoms with E-state index in [1.807, 2.05) is 45.0 Å². The van der Waals surface area contributed by atoms with E-state index in [-0.39, 0.29) is 5.69 Å². The molecule has 1 atom stereocenters. The van der Waals surface area contributed by atoms with Gasteiger partial charge in [-0.15, -0.1) is 0 Å². The van der Waals surface area contributed by atoms with Crippen LogP contribution >= 0.6 is 0 Å². The molecule has 1 heterocycles. The van der Waals surface area contributed by atoms with Crippen LogP contribution in [-0.4, -0.2) is 34.8 Å². The fourth-order valence-electron chi connectivity index (χ4n) is 2.88. The molecule has 2 rings (SSSR count). The number of ether oxygens (including phenoxy) is 1. The Kier molecular flexibility index (Phi) is 6.56. The van der Waals surface area contributed by atoms with Crippen molar-refractivity contribution in [2.75, 3.05) is 7.11 Å². The van der Waals surface area contributed by atoms with Gasteiger partial charge in [0.15, 0.2) is 5.69 Å². The summed E-state index contributed by atoms with van der Waals surface area (Å²) in [7, 11) is 1.30. The summed E-state index contributed by atoms with van der Waals surface area (Å²) in [4.78, 5) is 25.0. The number of nitrogens with one attached hydrogen (secondary N) is 1. The number of carbonyl (C=O) groups is 2. The van der Waals surface area contributed by atoms with E-state index in [9.17, 15) is 9.59 Å². The van der Waals surface area contributed by atoms with Crippen molar-refractivity contribution in [3.05, 3.63) is 30.0 Å². The Labute approximate surface area is 159 Å². The van der Waals surface area contributed by atoms with Gasteiger partial charge in [0, 0.05) is 18.4 Å². The number of aromatic nitrogens is 2. The summed E-state index contributed by atoms with van der Waals surface area (Å²) < 4.78 is 6.62. The van der Waals surface area contributed by atoms with Crippen molar-refractivity contribution in [2.45, 2.75) is 52.6 Å². The molecule has 1 aromatic heterocycles. The van der Waals surface area contributed by atoms with Crippen LogP contribution < -0.4 is 5.32 Å². The van der Waals surface area contributed by atoms with Crippen molar-refractivity contribution >= 4 is 22.8 Å². The lowest BCUT2D eigenvalue weighted by molar-refractivity contribution is -0.145. The van der Waals surface area contributed by atoms with Gasteiger partial charge in [0.1, 0.15) is 6.04 Å². The number of nitriles is 1. The summed E-state index contributed by atoms with van der Waals surface area (Å²) in [6.45, 7) is 6.21. The van der Waals surface area contributed by atoms with E-state index in [1.165, 1.54) is 7.11 Å². The number of para-hydroxylation sites is 1. The molecule has 0 aliphatic rings. The molecule has 0 aliphatic carbocycles. The number of hydrogen-bond acceptors (Lipinski definition) is 5. The molecule has 1 amide bonds. The second-order valence-corrected chi connectivity index (χ2v) is 7.50. The molecule has 0 fully saturated rings. The number of hydrogen-bond donors (Lipinski definition) is 1. The van der Waals surface area contributed by atoms with E-state index in [1.54, 1.807) is 4.68 Å². The molecule has 0 spiro atoms. The highest BCUT2D eigenvalue weighted by atomic mass is 16.5. The first-order valence-corrected chi connectivity index (χ1v) is 9.00. The Morgan fingerprint density at radius 3 is 2.63 bits per heavy atom. The van der Waals surface area contributed by atoms with Gasteiger partial charge in [-0.3, -0.25) is 9.48 Å². The topological polar surface area (TPSA) is 97.0 Å². The number of unbranched alkanes of at least 4 members (excludes halogenated alkanes) is 2. The first-order chi connectivity index (χ1) is 12.8. The number of benzene rings is 1. The van der Waals surface area contributed by atoms with Crippen LogP contribution in [0.15, 0.2) is 24.3 Å². The molecule has 0 bridgehead atoms. The van der Waals surface area contributed by atoms with E-state index < -0.39 is 23.3 Å². The zero-order chi connectivity index (χ0) is 20.0. The summed E-state index contributed by atoms with van der Waals surface area (Å²) in [6.07, 6.45) is 2.08. The van der Waals surface area contributed by atoms with Crippen molar-refractivity contribution in [3.63, 3.8) is 0 Å². The summed E-state index contributed by atoms with van der Waals surface area (Å²) in [5.41, 5.74) is 0.632. The molecule has 7 heteroatoms. The highest BCUT2D eigenvalue weighted by molar-refractivity contribution is 6.06. The van der Waals surface area contributed by atoms with Crippen LogP contribution in [0.3, 0.4) is 0 Å². The molecule has 0 saturated carbocycles. The lowest BCUT2D eigenvalue weighted by atomic mass is 9.86. The fourth-order valence-corrected chi connectivity index (χ4v) is 2.88. The van der Waals surface area contributed by atoms with Crippen LogP contribution in [0, 0.1) is 16.7 Å². The zero-order valence-electron chi connectivity index (χ0n) is 16.3. The van der Waals surface area contributed by atoms with Crippen molar-refractivity contribution < 1.29 is 14.3 Å². The van der Waals surface area contributed by atoms with Gasteiger partial charge in [-0.2, -0.15) is 10.4 Å². The molecule has 0 aliphatic heterocycles. The fraction of sp³-hybridized carbons (Fsp3) is 0.500. The second-order valence-electron chi connectivity index (χ2n) is 7.50. The van der Waals surface area contributed by atoms with Crippen LogP contribution in [0.4, 0.5) is 0 Å². The summed E-state index contributed by atoms with van der Waals surface area (Å²) in [6, 6.07) is 8.84. The largest absolute Gasteiger partial charge is 0.467 e. The highest BCUT2D eigenvalue weighted by Gasteiger charge is 2.34. The highest BCUT2D eigenvalue weighted by Crippen LogP contribution is 2.23. The molecule has 7 nitrogen and oxygen atoms in total. The third kappa shape index (κ3) is 4.85. The van der Waals surface area contributed by atoms with Crippen LogP contribution in [0.1, 0.15) is 50.5 Å². The quantitative estimate of drug-likeness (QED) is 0.597. The molecule has 1 unspecified atom stereocenters. The normalized spacial score (nSPS) is 12.4. The van der Waals surface area contributed by atoms with Gasteiger partial charge in [-0.05, 0) is 24.3 Å². The van der Waals surface area contributed by atoms with Crippen LogP contribution in [0.2, 0.25) is 0 Å². The van der Waals surface area contributed by atoms with Crippen LogP contribution in [0.5, 0.6) is 0 Å². The molecule has 1 aromatic carbocycles. The molecule has 0 saturated heterocycles. The zero-order valence-corrected chi connectivity index (χ0v) is 16.3. The monoisotopic (exact) mass is 370 g/mol. The molecular formula is C20H26N4O3. The smallest absolute Gasteiger partial charge is 0.328 e. The van der Waals surface area contributed by atoms with Gasteiger partial charge in [0.2, 0.25) is 0 Å². The first-order valence-electron chi connectivity index (χ1n) is 9.00. The van der Waals surface area contributed by atoms with E-state index in [4.69, 9.17) is 10.00 Å². The van der Waals surface area contributed by atoms with Gasteiger partial charge >= 0.3 is 5.97 Å². The number of methoxy groups -OCH3 is 1. The van der Waals surface area contributed by atoms with Crippen molar-refractivity contribution in [2.24, 2.45) is 5.41 Å². The second kappa shape index (κ2) is 8.67. The van der Waals surface area contributed by atoms with Gasteiger partial charge in [0.05, 0.1) is 18.7 Å². The average molecular weight is 370 g/mol. The maximum Gasteiger partial charge on any atom is 0.328 e. The van der Waals surface area contributed by atoms with E-state index in [0.717, 1.165) is 23.7 Å². The van der Waals surface area contributed by atoms with E-state index in [2.05, 4.69) is 16.5 Å². The molecule has 0 radical (unpaired) electrons. The maximum atomic E-state index is 12.9. The number of carbonyl (C=O) groups excluding carboxylic acids is 2. The Balaban J connectivity index is 2.30. The minimum absolute atomic E-state index is 0.282. The average Bonchev–Trinajstić information content (AvgIpc) is 3.00. The summed E-state index contributed by atoms with van der Waals surface area (Å²) in [5, 5.41) is 16.6. The number of esters is 1. The molecule has 27 heavy (non-hydrogen) atoms. The van der Waals surface area contributed by atoms with Gasteiger partial charge in [-0.25, -0.2) is 4.79 Å². The Hall–Kier alpha value is -2.88. The van der Waals surface area contributed by atoms with Crippen LogP contribution in [0.25, 0.3) is 10.9 Å². The van der Waals surface area contributed by atoms with Gasteiger partial charge in [0.25, 0.3) is 5.91 Å². The SMILES string of the molecule is COC(=O)C(NC(=O)c1nn(CCCCC#N)c2ccccc12)C(C)(C)C. The third-order valence-electron chi connectivity index (χ3n) is 4.36. The maximum absolute atomic E-state index is 12.9. The Bertz CT molecular complexity index is 858. The number of rotatable bonds is 7. The Morgan fingerprint density at radius 2 is 2.00 bits per heavy atom. The van der Waals surface area contributed by atoms with Crippen molar-refractivity contribution in [1.82, 2.24) is 15.1 Å². The molecule has 144 valence electrons.